The molecule has 0 bridgehead atoms. The Kier molecular flexibility index (Phi) is 3.47. The van der Waals surface area contributed by atoms with Crippen LogP contribution in [-0.2, 0) is 0 Å². The largest absolute Gasteiger partial charge is 0.465 e. The molecule has 0 aliphatic carbocycles. The quantitative estimate of drug-likeness (QED) is 0.888. The van der Waals surface area contributed by atoms with E-state index in [0.29, 0.717) is 15.8 Å². The van der Waals surface area contributed by atoms with Gasteiger partial charge >= 0.3 is 0 Å². The minimum absolute atomic E-state index is 0.241. The number of furan rings is 1. The topological polar surface area (TPSA) is 33.4 Å². The van der Waals surface area contributed by atoms with E-state index in [1.807, 2.05) is 0 Å². The van der Waals surface area contributed by atoms with Gasteiger partial charge < -0.3 is 9.52 Å². The molecule has 0 fully saturated rings. The molecule has 84 valence electrons. The summed E-state index contributed by atoms with van der Waals surface area (Å²) in [7, 11) is 0. The molecule has 1 heterocycles. The third-order valence-electron chi connectivity index (χ3n) is 2.17. The molecule has 0 saturated heterocycles. The van der Waals surface area contributed by atoms with E-state index in [4.69, 9.17) is 4.42 Å². The lowest BCUT2D eigenvalue weighted by molar-refractivity contribution is 0.187. The first-order valence-electron chi connectivity index (χ1n) is 4.46. The van der Waals surface area contributed by atoms with Crippen molar-refractivity contribution in [3.63, 3.8) is 0 Å². The van der Waals surface area contributed by atoms with E-state index < -0.39 is 11.9 Å². The first-order valence-corrected chi connectivity index (χ1v) is 6.04. The second-order valence-corrected chi connectivity index (χ2v) is 4.83. The van der Waals surface area contributed by atoms with E-state index in [1.165, 1.54) is 18.4 Å². The number of rotatable bonds is 2. The summed E-state index contributed by atoms with van der Waals surface area (Å²) >= 11 is 6.34. The fourth-order valence-corrected chi connectivity index (χ4v) is 2.27. The SMILES string of the molecule is OC(c1cccc(F)c1Br)c1occc1Br. The Morgan fingerprint density at radius 1 is 1.25 bits per heavy atom. The zero-order valence-corrected chi connectivity index (χ0v) is 11.1. The smallest absolute Gasteiger partial charge is 0.150 e. The van der Waals surface area contributed by atoms with Crippen LogP contribution in [0.3, 0.4) is 0 Å². The van der Waals surface area contributed by atoms with Gasteiger partial charge in [-0.25, -0.2) is 4.39 Å². The van der Waals surface area contributed by atoms with Crippen molar-refractivity contribution in [3.05, 3.63) is 56.6 Å². The number of aliphatic hydroxyl groups excluding tert-OH is 1. The second-order valence-electron chi connectivity index (χ2n) is 3.18. The Morgan fingerprint density at radius 3 is 2.62 bits per heavy atom. The molecule has 2 rings (SSSR count). The van der Waals surface area contributed by atoms with Gasteiger partial charge in [0.2, 0.25) is 0 Å². The molecule has 5 heteroatoms. The third-order valence-corrected chi connectivity index (χ3v) is 3.66. The van der Waals surface area contributed by atoms with Gasteiger partial charge in [0.25, 0.3) is 0 Å². The number of hydrogen-bond acceptors (Lipinski definition) is 2. The molecule has 1 N–H and O–H groups in total. The van der Waals surface area contributed by atoms with Crippen LogP contribution in [0.25, 0.3) is 0 Å². The maximum absolute atomic E-state index is 13.3. The van der Waals surface area contributed by atoms with E-state index in [0.717, 1.165) is 0 Å². The molecule has 0 spiro atoms. The highest BCUT2D eigenvalue weighted by atomic mass is 79.9. The Hall–Kier alpha value is -0.650. The highest BCUT2D eigenvalue weighted by Gasteiger charge is 2.20. The van der Waals surface area contributed by atoms with Crippen molar-refractivity contribution in [2.24, 2.45) is 0 Å². The van der Waals surface area contributed by atoms with E-state index in [-0.39, 0.29) is 4.47 Å². The Labute approximate surface area is 108 Å². The second kappa shape index (κ2) is 4.69. The van der Waals surface area contributed by atoms with Gasteiger partial charge in [0.1, 0.15) is 11.9 Å². The van der Waals surface area contributed by atoms with Crippen LogP contribution in [-0.4, -0.2) is 5.11 Å². The molecule has 2 nitrogen and oxygen atoms in total. The third kappa shape index (κ3) is 2.07. The minimum atomic E-state index is -1.01. The summed E-state index contributed by atoms with van der Waals surface area (Å²) in [5.74, 6) is -0.0643. The molecule has 0 saturated carbocycles. The first kappa shape index (κ1) is 11.8. The lowest BCUT2D eigenvalue weighted by Gasteiger charge is -2.11. The summed E-state index contributed by atoms with van der Waals surface area (Å²) in [5, 5.41) is 10.0. The average Bonchev–Trinajstić information content (AvgIpc) is 2.68. The summed E-state index contributed by atoms with van der Waals surface area (Å²) in [6.45, 7) is 0. The van der Waals surface area contributed by atoms with Crippen LogP contribution in [0.2, 0.25) is 0 Å². The van der Waals surface area contributed by atoms with Crippen molar-refractivity contribution in [1.82, 2.24) is 0 Å². The van der Waals surface area contributed by atoms with Crippen LogP contribution < -0.4 is 0 Å². The molecule has 1 unspecified atom stereocenters. The van der Waals surface area contributed by atoms with Crippen LogP contribution in [0.15, 0.2) is 43.9 Å². The monoisotopic (exact) mass is 348 g/mol. The molecule has 16 heavy (non-hydrogen) atoms. The molecule has 1 atom stereocenters. The lowest BCUT2D eigenvalue weighted by Crippen LogP contribution is -2.01. The van der Waals surface area contributed by atoms with Crippen molar-refractivity contribution in [2.75, 3.05) is 0 Å². The lowest BCUT2D eigenvalue weighted by atomic mass is 10.1. The number of aliphatic hydroxyl groups is 1. The molecule has 0 amide bonds. The predicted octanol–water partition coefficient (Wildman–Crippen LogP) is 4.03. The van der Waals surface area contributed by atoms with Crippen molar-refractivity contribution < 1.29 is 13.9 Å². The molecular formula is C11H7Br2FO2. The van der Waals surface area contributed by atoms with Crippen LogP contribution in [0.4, 0.5) is 4.39 Å². The molecule has 0 radical (unpaired) electrons. The van der Waals surface area contributed by atoms with E-state index in [1.54, 1.807) is 12.1 Å². The fourth-order valence-electron chi connectivity index (χ4n) is 1.37. The Balaban J connectivity index is 2.46. The zero-order valence-electron chi connectivity index (χ0n) is 7.95. The number of halogens is 3. The molecule has 1 aromatic heterocycles. The normalized spacial score (nSPS) is 12.8. The summed E-state index contributed by atoms with van der Waals surface area (Å²) < 4.78 is 19.3. The molecule has 0 aliphatic rings. The fraction of sp³-hybridized carbons (Fsp3) is 0.0909. The highest BCUT2D eigenvalue weighted by Crippen LogP contribution is 2.34. The minimum Gasteiger partial charge on any atom is -0.465 e. The molecule has 2 aromatic rings. The van der Waals surface area contributed by atoms with Crippen molar-refractivity contribution in [2.45, 2.75) is 6.10 Å². The van der Waals surface area contributed by atoms with Crippen LogP contribution in [0.1, 0.15) is 17.4 Å². The summed E-state index contributed by atoms with van der Waals surface area (Å²) in [6.07, 6.45) is 0.449. The van der Waals surface area contributed by atoms with Gasteiger partial charge in [-0.2, -0.15) is 0 Å². The first-order chi connectivity index (χ1) is 7.61. The van der Waals surface area contributed by atoms with Crippen LogP contribution in [0, 0.1) is 5.82 Å². The zero-order chi connectivity index (χ0) is 11.7. The average molecular weight is 350 g/mol. The molecular weight excluding hydrogens is 343 g/mol. The maximum Gasteiger partial charge on any atom is 0.150 e. The van der Waals surface area contributed by atoms with Gasteiger partial charge in [0.15, 0.2) is 5.76 Å². The van der Waals surface area contributed by atoms with Gasteiger partial charge in [-0.15, -0.1) is 0 Å². The molecule has 0 aliphatic heterocycles. The molecule has 1 aromatic carbocycles. The van der Waals surface area contributed by atoms with E-state index in [2.05, 4.69) is 31.9 Å². The van der Waals surface area contributed by atoms with Crippen LogP contribution in [0.5, 0.6) is 0 Å². The Morgan fingerprint density at radius 2 is 2.00 bits per heavy atom. The van der Waals surface area contributed by atoms with Gasteiger partial charge in [-0.3, -0.25) is 0 Å². The van der Waals surface area contributed by atoms with E-state index >= 15 is 0 Å². The highest BCUT2D eigenvalue weighted by molar-refractivity contribution is 9.10. The number of benzene rings is 1. The summed E-state index contributed by atoms with van der Waals surface area (Å²) in [4.78, 5) is 0. The van der Waals surface area contributed by atoms with Crippen molar-refractivity contribution in [3.8, 4) is 0 Å². The standard InChI is InChI=1S/C11H7Br2FO2/c12-7-4-5-16-11(7)10(15)6-2-1-3-8(14)9(6)13/h1-5,10,15H. The van der Waals surface area contributed by atoms with E-state index in [9.17, 15) is 9.50 Å². The van der Waals surface area contributed by atoms with Crippen molar-refractivity contribution in [1.29, 1.82) is 0 Å². The maximum atomic E-state index is 13.3. The predicted molar refractivity (Wildman–Crippen MR) is 64.6 cm³/mol. The van der Waals surface area contributed by atoms with Crippen LogP contribution >= 0.6 is 31.9 Å². The van der Waals surface area contributed by atoms with Gasteiger partial charge in [0, 0.05) is 5.56 Å². The van der Waals surface area contributed by atoms with Gasteiger partial charge in [-0.05, 0) is 44.0 Å². The van der Waals surface area contributed by atoms with Gasteiger partial charge in [0.05, 0.1) is 15.2 Å². The number of hydrogen-bond donors (Lipinski definition) is 1. The van der Waals surface area contributed by atoms with Gasteiger partial charge in [-0.1, -0.05) is 12.1 Å². The van der Waals surface area contributed by atoms with Crippen molar-refractivity contribution >= 4 is 31.9 Å². The Bertz CT molecular complexity index is 510. The summed E-state index contributed by atoms with van der Waals surface area (Å²) in [6, 6.07) is 6.16. The summed E-state index contributed by atoms with van der Waals surface area (Å²) in [5.41, 5.74) is 0.427.